The van der Waals surface area contributed by atoms with Gasteiger partial charge in [-0.25, -0.2) is 0 Å². The smallest absolute Gasteiger partial charge is 0.0598 e. The standard InChI is InChI=1S/C14H29NO/c1-12(2,3)16-11-10-14(15)8-6-13(4,5)7-9-14/h6-11,15H2,1-5H3. The molecule has 0 spiro atoms. The maximum atomic E-state index is 6.43. The maximum absolute atomic E-state index is 6.43. The van der Waals surface area contributed by atoms with Crippen molar-refractivity contribution in [3.8, 4) is 0 Å². The van der Waals surface area contributed by atoms with Gasteiger partial charge < -0.3 is 10.5 Å². The summed E-state index contributed by atoms with van der Waals surface area (Å²) in [5.74, 6) is 0. The van der Waals surface area contributed by atoms with Gasteiger partial charge in [-0.05, 0) is 58.3 Å². The molecule has 0 atom stereocenters. The van der Waals surface area contributed by atoms with E-state index in [0.29, 0.717) is 5.41 Å². The van der Waals surface area contributed by atoms with Crippen molar-refractivity contribution in [2.45, 2.75) is 77.9 Å². The summed E-state index contributed by atoms with van der Waals surface area (Å²) in [6.07, 6.45) is 5.79. The van der Waals surface area contributed by atoms with Crippen LogP contribution in [-0.4, -0.2) is 17.7 Å². The van der Waals surface area contributed by atoms with Gasteiger partial charge in [-0.15, -0.1) is 0 Å². The zero-order chi connectivity index (χ0) is 12.4. The van der Waals surface area contributed by atoms with Crippen LogP contribution in [0, 0.1) is 5.41 Å². The molecule has 2 nitrogen and oxygen atoms in total. The summed E-state index contributed by atoms with van der Waals surface area (Å²) in [5.41, 5.74) is 6.91. The molecule has 0 aromatic rings. The SMILES string of the molecule is CC1(C)CCC(N)(CCOC(C)(C)C)CC1. The number of ether oxygens (including phenoxy) is 1. The maximum Gasteiger partial charge on any atom is 0.0598 e. The Kier molecular flexibility index (Phi) is 4.07. The second kappa shape index (κ2) is 4.66. The van der Waals surface area contributed by atoms with Crippen LogP contribution >= 0.6 is 0 Å². The fourth-order valence-electron chi connectivity index (χ4n) is 2.24. The molecular weight excluding hydrogens is 198 g/mol. The van der Waals surface area contributed by atoms with Crippen molar-refractivity contribution in [2.24, 2.45) is 11.1 Å². The molecular formula is C14H29NO. The lowest BCUT2D eigenvalue weighted by Gasteiger charge is -2.41. The molecule has 0 aromatic carbocycles. The van der Waals surface area contributed by atoms with E-state index in [2.05, 4.69) is 34.6 Å². The van der Waals surface area contributed by atoms with Gasteiger partial charge in [-0.3, -0.25) is 0 Å². The molecule has 1 rings (SSSR count). The van der Waals surface area contributed by atoms with E-state index >= 15 is 0 Å². The lowest BCUT2D eigenvalue weighted by Crippen LogP contribution is -2.46. The minimum Gasteiger partial charge on any atom is -0.376 e. The first-order chi connectivity index (χ1) is 7.12. The zero-order valence-electron chi connectivity index (χ0n) is 11.7. The quantitative estimate of drug-likeness (QED) is 0.801. The summed E-state index contributed by atoms with van der Waals surface area (Å²) in [4.78, 5) is 0. The van der Waals surface area contributed by atoms with Crippen molar-refractivity contribution in [3.05, 3.63) is 0 Å². The highest BCUT2D eigenvalue weighted by Crippen LogP contribution is 2.40. The van der Waals surface area contributed by atoms with Gasteiger partial charge in [0.05, 0.1) is 5.60 Å². The van der Waals surface area contributed by atoms with Crippen molar-refractivity contribution in [1.29, 1.82) is 0 Å². The summed E-state index contributed by atoms with van der Waals surface area (Å²) in [6.45, 7) is 11.8. The Labute approximate surface area is 101 Å². The Bertz CT molecular complexity index is 217. The van der Waals surface area contributed by atoms with Crippen LogP contribution < -0.4 is 5.73 Å². The second-order valence-electron chi connectivity index (χ2n) is 7.24. The summed E-state index contributed by atoms with van der Waals surface area (Å²) in [7, 11) is 0. The fraction of sp³-hybridized carbons (Fsp3) is 1.00. The minimum atomic E-state index is -0.0374. The molecule has 1 aliphatic rings. The van der Waals surface area contributed by atoms with E-state index in [4.69, 9.17) is 10.5 Å². The molecule has 0 saturated heterocycles. The van der Waals surface area contributed by atoms with E-state index in [1.807, 2.05) is 0 Å². The number of nitrogens with two attached hydrogens (primary N) is 1. The van der Waals surface area contributed by atoms with Gasteiger partial charge in [-0.1, -0.05) is 13.8 Å². The Morgan fingerprint density at radius 3 is 2.00 bits per heavy atom. The lowest BCUT2D eigenvalue weighted by atomic mass is 9.69. The van der Waals surface area contributed by atoms with E-state index in [1.165, 1.54) is 12.8 Å². The molecule has 2 N–H and O–H groups in total. The lowest BCUT2D eigenvalue weighted by molar-refractivity contribution is -0.0161. The average Bonchev–Trinajstić information content (AvgIpc) is 2.09. The van der Waals surface area contributed by atoms with Crippen LogP contribution in [0.4, 0.5) is 0 Å². The van der Waals surface area contributed by atoms with Crippen LogP contribution in [0.25, 0.3) is 0 Å². The van der Waals surface area contributed by atoms with Crippen LogP contribution in [0.5, 0.6) is 0 Å². The summed E-state index contributed by atoms with van der Waals surface area (Å²) < 4.78 is 5.77. The Morgan fingerprint density at radius 1 is 1.06 bits per heavy atom. The Hall–Kier alpha value is -0.0800. The molecule has 0 aromatic heterocycles. The molecule has 1 fully saturated rings. The molecule has 16 heavy (non-hydrogen) atoms. The third-order valence-electron chi connectivity index (χ3n) is 3.73. The van der Waals surface area contributed by atoms with Gasteiger partial charge in [0.15, 0.2) is 0 Å². The highest BCUT2D eigenvalue weighted by Gasteiger charge is 2.35. The first-order valence-corrected chi connectivity index (χ1v) is 6.55. The molecule has 0 radical (unpaired) electrons. The van der Waals surface area contributed by atoms with E-state index < -0.39 is 0 Å². The number of rotatable bonds is 3. The van der Waals surface area contributed by atoms with Crippen LogP contribution in [0.2, 0.25) is 0 Å². The van der Waals surface area contributed by atoms with E-state index in [-0.39, 0.29) is 11.1 Å². The molecule has 96 valence electrons. The monoisotopic (exact) mass is 227 g/mol. The van der Waals surface area contributed by atoms with Gasteiger partial charge in [0.25, 0.3) is 0 Å². The predicted molar refractivity (Wildman–Crippen MR) is 69.5 cm³/mol. The molecule has 1 aliphatic carbocycles. The summed E-state index contributed by atoms with van der Waals surface area (Å²) in [6, 6.07) is 0. The Balaban J connectivity index is 2.32. The van der Waals surface area contributed by atoms with E-state index in [0.717, 1.165) is 25.9 Å². The minimum absolute atomic E-state index is 0.0285. The molecule has 0 amide bonds. The average molecular weight is 227 g/mol. The van der Waals surface area contributed by atoms with E-state index in [1.54, 1.807) is 0 Å². The highest BCUT2D eigenvalue weighted by molar-refractivity contribution is 4.92. The van der Waals surface area contributed by atoms with Crippen LogP contribution in [0.1, 0.15) is 66.7 Å². The number of hydrogen-bond donors (Lipinski definition) is 1. The van der Waals surface area contributed by atoms with Crippen molar-refractivity contribution in [1.82, 2.24) is 0 Å². The van der Waals surface area contributed by atoms with Crippen LogP contribution in [0.3, 0.4) is 0 Å². The largest absolute Gasteiger partial charge is 0.376 e. The highest BCUT2D eigenvalue weighted by atomic mass is 16.5. The normalized spacial score (nSPS) is 24.4. The van der Waals surface area contributed by atoms with Gasteiger partial charge >= 0.3 is 0 Å². The summed E-state index contributed by atoms with van der Waals surface area (Å²) >= 11 is 0. The molecule has 0 bridgehead atoms. The van der Waals surface area contributed by atoms with Crippen molar-refractivity contribution < 1.29 is 4.74 Å². The third kappa shape index (κ3) is 4.84. The van der Waals surface area contributed by atoms with Gasteiger partial charge in [0.2, 0.25) is 0 Å². The Morgan fingerprint density at radius 2 is 1.56 bits per heavy atom. The van der Waals surface area contributed by atoms with Crippen molar-refractivity contribution in [3.63, 3.8) is 0 Å². The molecule has 2 heteroatoms. The van der Waals surface area contributed by atoms with Crippen LogP contribution in [-0.2, 0) is 4.74 Å². The first kappa shape index (κ1) is 14.0. The third-order valence-corrected chi connectivity index (χ3v) is 3.73. The van der Waals surface area contributed by atoms with Crippen LogP contribution in [0.15, 0.2) is 0 Å². The van der Waals surface area contributed by atoms with Gasteiger partial charge in [-0.2, -0.15) is 0 Å². The van der Waals surface area contributed by atoms with Gasteiger partial charge in [0, 0.05) is 12.1 Å². The molecule has 0 heterocycles. The fourth-order valence-corrected chi connectivity index (χ4v) is 2.24. The number of hydrogen-bond acceptors (Lipinski definition) is 2. The topological polar surface area (TPSA) is 35.2 Å². The van der Waals surface area contributed by atoms with E-state index in [9.17, 15) is 0 Å². The first-order valence-electron chi connectivity index (χ1n) is 6.55. The molecule has 1 saturated carbocycles. The second-order valence-corrected chi connectivity index (χ2v) is 7.24. The predicted octanol–water partition coefficient (Wildman–Crippen LogP) is 3.49. The molecule has 0 aliphatic heterocycles. The summed E-state index contributed by atoms with van der Waals surface area (Å²) in [5, 5.41) is 0. The van der Waals surface area contributed by atoms with Crippen molar-refractivity contribution >= 4 is 0 Å². The van der Waals surface area contributed by atoms with Gasteiger partial charge in [0.1, 0.15) is 0 Å². The van der Waals surface area contributed by atoms with Crippen molar-refractivity contribution in [2.75, 3.05) is 6.61 Å². The molecule has 0 unspecified atom stereocenters. The zero-order valence-corrected chi connectivity index (χ0v) is 11.7.